The summed E-state index contributed by atoms with van der Waals surface area (Å²) in [5.74, 6) is -3.85. The van der Waals surface area contributed by atoms with Crippen molar-refractivity contribution in [1.82, 2.24) is 4.57 Å². The zero-order valence-electron chi connectivity index (χ0n) is 15.6. The molecule has 0 aliphatic rings. The molecular weight excluding hydrogens is 368 g/mol. The second-order valence-electron chi connectivity index (χ2n) is 6.42. The van der Waals surface area contributed by atoms with E-state index in [4.69, 9.17) is 4.74 Å². The van der Waals surface area contributed by atoms with E-state index in [-0.39, 0.29) is 34.2 Å². The van der Waals surface area contributed by atoms with E-state index in [2.05, 4.69) is 0 Å². The van der Waals surface area contributed by atoms with Gasteiger partial charge in [0.1, 0.15) is 5.82 Å². The number of carbonyl (C=O) groups is 2. The SMILES string of the molecule is CCC(C(=O)O)c1c(C)n(C(=O)c2ccc(F)cc2)c2ccc(OC)c(F)c12. The second-order valence-corrected chi connectivity index (χ2v) is 6.42. The van der Waals surface area contributed by atoms with Gasteiger partial charge in [0.15, 0.2) is 11.6 Å². The van der Waals surface area contributed by atoms with Crippen LogP contribution in [0.15, 0.2) is 36.4 Å². The first-order valence-electron chi connectivity index (χ1n) is 8.72. The number of carboxylic acid groups (broad SMARTS) is 1. The molecule has 0 radical (unpaired) electrons. The monoisotopic (exact) mass is 387 g/mol. The van der Waals surface area contributed by atoms with E-state index in [1.165, 1.54) is 35.9 Å². The van der Waals surface area contributed by atoms with Crippen LogP contribution in [0.2, 0.25) is 0 Å². The molecule has 5 nitrogen and oxygen atoms in total. The molecule has 7 heteroatoms. The molecule has 1 N–H and O–H groups in total. The van der Waals surface area contributed by atoms with Gasteiger partial charge in [0.05, 0.1) is 18.5 Å². The van der Waals surface area contributed by atoms with Gasteiger partial charge in [0, 0.05) is 16.6 Å². The first kappa shape index (κ1) is 19.5. The van der Waals surface area contributed by atoms with Gasteiger partial charge < -0.3 is 9.84 Å². The molecule has 28 heavy (non-hydrogen) atoms. The summed E-state index contributed by atoms with van der Waals surface area (Å²) >= 11 is 0. The number of aliphatic carboxylic acids is 1. The third-order valence-corrected chi connectivity index (χ3v) is 4.89. The molecule has 2 aromatic carbocycles. The van der Waals surface area contributed by atoms with E-state index in [0.29, 0.717) is 5.69 Å². The summed E-state index contributed by atoms with van der Waals surface area (Å²) in [5.41, 5.74) is 0.995. The minimum absolute atomic E-state index is 0.0413. The predicted octanol–water partition coefficient (Wildman–Crippen LogP) is 4.50. The van der Waals surface area contributed by atoms with Crippen molar-refractivity contribution < 1.29 is 28.2 Å². The lowest BCUT2D eigenvalue weighted by atomic mass is 9.93. The Morgan fingerprint density at radius 2 is 1.79 bits per heavy atom. The molecule has 0 saturated carbocycles. The molecule has 0 aliphatic carbocycles. The zero-order chi connectivity index (χ0) is 20.6. The Bertz CT molecular complexity index is 1070. The van der Waals surface area contributed by atoms with Crippen LogP contribution in [0, 0.1) is 18.6 Å². The number of benzene rings is 2. The number of methoxy groups -OCH3 is 1. The van der Waals surface area contributed by atoms with Crippen molar-refractivity contribution in [2.24, 2.45) is 0 Å². The average molecular weight is 387 g/mol. The van der Waals surface area contributed by atoms with Gasteiger partial charge in [0.25, 0.3) is 5.91 Å². The first-order chi connectivity index (χ1) is 13.3. The summed E-state index contributed by atoms with van der Waals surface area (Å²) in [4.78, 5) is 24.9. The minimum Gasteiger partial charge on any atom is -0.494 e. The third-order valence-electron chi connectivity index (χ3n) is 4.89. The molecule has 3 aromatic rings. The van der Waals surface area contributed by atoms with Crippen molar-refractivity contribution in [2.45, 2.75) is 26.2 Å². The largest absolute Gasteiger partial charge is 0.494 e. The van der Waals surface area contributed by atoms with Gasteiger partial charge in [0.2, 0.25) is 0 Å². The van der Waals surface area contributed by atoms with Crippen molar-refractivity contribution in [1.29, 1.82) is 0 Å². The van der Waals surface area contributed by atoms with Crippen molar-refractivity contribution >= 4 is 22.8 Å². The molecule has 0 amide bonds. The molecule has 1 atom stereocenters. The summed E-state index contributed by atoms with van der Waals surface area (Å²) in [6, 6.07) is 7.88. The van der Waals surface area contributed by atoms with Crippen LogP contribution in [-0.4, -0.2) is 28.7 Å². The highest BCUT2D eigenvalue weighted by Crippen LogP contribution is 2.38. The molecule has 1 unspecified atom stereocenters. The van der Waals surface area contributed by atoms with Gasteiger partial charge in [-0.25, -0.2) is 8.78 Å². The molecule has 1 heterocycles. The lowest BCUT2D eigenvalue weighted by molar-refractivity contribution is -0.138. The maximum Gasteiger partial charge on any atom is 0.311 e. The number of nitrogens with zero attached hydrogens (tertiary/aromatic N) is 1. The number of halogens is 2. The fraction of sp³-hybridized carbons (Fsp3) is 0.238. The summed E-state index contributed by atoms with van der Waals surface area (Å²) in [6.45, 7) is 3.26. The number of carbonyl (C=O) groups excluding carboxylic acids is 1. The molecule has 146 valence electrons. The fourth-order valence-electron chi connectivity index (χ4n) is 3.54. The fourth-order valence-corrected chi connectivity index (χ4v) is 3.54. The zero-order valence-corrected chi connectivity index (χ0v) is 15.6. The Morgan fingerprint density at radius 3 is 2.32 bits per heavy atom. The normalized spacial score (nSPS) is 12.2. The van der Waals surface area contributed by atoms with Crippen LogP contribution < -0.4 is 4.74 Å². The number of ether oxygens (including phenoxy) is 1. The van der Waals surface area contributed by atoms with Crippen LogP contribution in [0.5, 0.6) is 5.75 Å². The summed E-state index contributed by atoms with van der Waals surface area (Å²) in [6.07, 6.45) is 0.219. The van der Waals surface area contributed by atoms with Crippen molar-refractivity contribution in [3.63, 3.8) is 0 Å². The minimum atomic E-state index is -1.11. The van der Waals surface area contributed by atoms with Crippen LogP contribution in [-0.2, 0) is 4.79 Å². The summed E-state index contributed by atoms with van der Waals surface area (Å²) in [7, 11) is 1.31. The lowest BCUT2D eigenvalue weighted by Crippen LogP contribution is -2.16. The third kappa shape index (κ3) is 3.02. The number of hydrogen-bond donors (Lipinski definition) is 1. The summed E-state index contributed by atoms with van der Waals surface area (Å²) in [5, 5.41) is 9.68. The maximum absolute atomic E-state index is 15.1. The number of fused-ring (bicyclic) bond motifs is 1. The predicted molar refractivity (Wildman–Crippen MR) is 100.0 cm³/mol. The highest BCUT2D eigenvalue weighted by atomic mass is 19.1. The molecule has 0 bridgehead atoms. The number of hydrogen-bond acceptors (Lipinski definition) is 3. The van der Waals surface area contributed by atoms with E-state index in [9.17, 15) is 19.1 Å². The van der Waals surface area contributed by atoms with Gasteiger partial charge >= 0.3 is 5.97 Å². The van der Waals surface area contributed by atoms with Gasteiger partial charge in [-0.3, -0.25) is 14.2 Å². The Morgan fingerprint density at radius 1 is 1.14 bits per heavy atom. The standard InChI is InChI=1S/C21H19F2NO4/c1-4-14(21(26)27)17-11(2)24(20(25)12-5-7-13(22)8-6-12)15-9-10-16(28-3)19(23)18(15)17/h5-10,14H,4H2,1-3H3,(H,26,27). The highest BCUT2D eigenvalue weighted by Gasteiger charge is 2.30. The Balaban J connectivity index is 2.36. The molecule has 3 rings (SSSR count). The van der Waals surface area contributed by atoms with E-state index < -0.39 is 29.4 Å². The van der Waals surface area contributed by atoms with Gasteiger partial charge in [-0.15, -0.1) is 0 Å². The lowest BCUT2D eigenvalue weighted by Gasteiger charge is -2.12. The number of carboxylic acids is 1. The second kappa shape index (κ2) is 7.42. The molecule has 1 aromatic heterocycles. The molecule has 0 spiro atoms. The Labute approximate surface area is 160 Å². The smallest absolute Gasteiger partial charge is 0.311 e. The summed E-state index contributed by atoms with van der Waals surface area (Å²) < 4.78 is 34.6. The van der Waals surface area contributed by atoms with Gasteiger partial charge in [-0.2, -0.15) is 0 Å². The molecule has 0 fully saturated rings. The number of aromatic nitrogens is 1. The average Bonchev–Trinajstić information content (AvgIpc) is 2.95. The van der Waals surface area contributed by atoms with E-state index in [0.717, 1.165) is 12.1 Å². The van der Waals surface area contributed by atoms with Gasteiger partial charge in [-0.1, -0.05) is 6.92 Å². The van der Waals surface area contributed by atoms with Crippen molar-refractivity contribution in [3.8, 4) is 5.75 Å². The van der Waals surface area contributed by atoms with E-state index in [1.54, 1.807) is 13.8 Å². The Kier molecular flexibility index (Phi) is 5.18. The molecular formula is C21H19F2NO4. The topological polar surface area (TPSA) is 68.5 Å². The van der Waals surface area contributed by atoms with Gasteiger partial charge in [-0.05, 0) is 55.3 Å². The van der Waals surface area contributed by atoms with Crippen molar-refractivity contribution in [3.05, 3.63) is 64.9 Å². The molecule has 0 aliphatic heterocycles. The quantitative estimate of drug-likeness (QED) is 0.700. The van der Waals surface area contributed by atoms with E-state index in [1.807, 2.05) is 0 Å². The molecule has 0 saturated heterocycles. The van der Waals surface area contributed by atoms with E-state index >= 15 is 4.39 Å². The number of rotatable bonds is 5. The Hall–Kier alpha value is -3.22. The maximum atomic E-state index is 15.1. The van der Waals surface area contributed by atoms with Crippen LogP contribution in [0.3, 0.4) is 0 Å². The van der Waals surface area contributed by atoms with Crippen LogP contribution in [0.4, 0.5) is 8.78 Å². The highest BCUT2D eigenvalue weighted by molar-refractivity contribution is 6.05. The first-order valence-corrected chi connectivity index (χ1v) is 8.72. The van der Waals surface area contributed by atoms with Crippen LogP contribution in [0.25, 0.3) is 10.9 Å². The van der Waals surface area contributed by atoms with Crippen LogP contribution >= 0.6 is 0 Å². The van der Waals surface area contributed by atoms with Crippen LogP contribution in [0.1, 0.15) is 40.9 Å². The van der Waals surface area contributed by atoms with Crippen molar-refractivity contribution in [2.75, 3.05) is 7.11 Å².